The molecule has 3 aromatic heterocycles. The molecule has 0 aromatic carbocycles. The van der Waals surface area contributed by atoms with Crippen LogP contribution in [0.15, 0.2) is 30.7 Å². The maximum atomic E-state index is 14.3. The molecule has 1 aliphatic carbocycles. The number of pyridine rings is 1. The van der Waals surface area contributed by atoms with Gasteiger partial charge < -0.3 is 10.2 Å². The summed E-state index contributed by atoms with van der Waals surface area (Å²) < 4.78 is 15.9. The van der Waals surface area contributed by atoms with Crippen LogP contribution in [0.25, 0.3) is 5.65 Å². The number of nitrogens with zero attached hydrogens (tertiary/aromatic N) is 5. The van der Waals surface area contributed by atoms with Crippen LogP contribution >= 0.6 is 0 Å². The first kappa shape index (κ1) is 17.8. The van der Waals surface area contributed by atoms with Crippen molar-refractivity contribution in [3.8, 4) is 0 Å². The molecule has 5 heterocycles. The molecule has 30 heavy (non-hydrogen) atoms. The van der Waals surface area contributed by atoms with Crippen LogP contribution in [0.5, 0.6) is 0 Å². The normalized spacial score (nSPS) is 24.7. The molecule has 2 bridgehead atoms. The van der Waals surface area contributed by atoms with Gasteiger partial charge in [0.15, 0.2) is 5.65 Å². The second kappa shape index (κ2) is 6.23. The van der Waals surface area contributed by atoms with Gasteiger partial charge >= 0.3 is 0 Å². The van der Waals surface area contributed by atoms with E-state index in [1.807, 2.05) is 12.3 Å². The van der Waals surface area contributed by atoms with Gasteiger partial charge in [0, 0.05) is 24.0 Å². The Labute approximate surface area is 173 Å². The zero-order chi connectivity index (χ0) is 20.5. The van der Waals surface area contributed by atoms with Crippen molar-refractivity contribution in [1.82, 2.24) is 24.9 Å². The molecule has 2 aliphatic heterocycles. The highest BCUT2D eigenvalue weighted by molar-refractivity contribution is 6.00. The van der Waals surface area contributed by atoms with Crippen LogP contribution < -0.4 is 10.2 Å². The van der Waals surface area contributed by atoms with Crippen LogP contribution in [0.1, 0.15) is 60.3 Å². The van der Waals surface area contributed by atoms with Crippen LogP contribution in [0.2, 0.25) is 0 Å². The molecule has 1 N–H and O–H groups in total. The molecule has 1 saturated heterocycles. The van der Waals surface area contributed by atoms with Gasteiger partial charge in [0.05, 0.1) is 18.4 Å². The minimum Gasteiger partial charge on any atom is -0.349 e. The Bertz CT molecular complexity index is 1170. The van der Waals surface area contributed by atoms with Crippen LogP contribution in [0.4, 0.5) is 10.2 Å². The highest BCUT2D eigenvalue weighted by atomic mass is 19.1. The molecular weight excluding hydrogens is 383 g/mol. The van der Waals surface area contributed by atoms with Crippen LogP contribution in [0, 0.1) is 11.7 Å². The number of nitrogens with one attached hydrogen (secondary N) is 1. The van der Waals surface area contributed by atoms with Gasteiger partial charge in [-0.25, -0.2) is 13.9 Å². The van der Waals surface area contributed by atoms with E-state index in [1.165, 1.54) is 6.20 Å². The zero-order valence-electron chi connectivity index (χ0n) is 16.8. The Hall–Kier alpha value is -3.03. The number of hydrogen-bond donors (Lipinski definition) is 1. The summed E-state index contributed by atoms with van der Waals surface area (Å²) in [6.07, 6.45) is 9.12. The highest BCUT2D eigenvalue weighted by Gasteiger charge is 2.45. The van der Waals surface area contributed by atoms with Crippen molar-refractivity contribution in [3.05, 3.63) is 53.4 Å². The quantitative estimate of drug-likeness (QED) is 0.621. The van der Waals surface area contributed by atoms with Gasteiger partial charge in [0.1, 0.15) is 17.2 Å². The van der Waals surface area contributed by atoms with Crippen molar-refractivity contribution >= 4 is 17.4 Å². The summed E-state index contributed by atoms with van der Waals surface area (Å²) in [6, 6.07) is 3.56. The third-order valence-corrected chi connectivity index (χ3v) is 6.96. The standard InChI is InChI=1S/C22H23FN6O/c1-13-3-8-28-18-4-9-29-20(26-18)16(12-25-29)21(30)27-22(6-7-22)5-2-17-15(19(13)28)10-14(23)11-24-17/h4,9-13,19H,2-3,5-8H2,1H3,(H,27,30)/t13-,19-/m0/s1. The first-order chi connectivity index (χ1) is 14.5. The number of rotatable bonds is 0. The maximum Gasteiger partial charge on any atom is 0.257 e. The van der Waals surface area contributed by atoms with Crippen molar-refractivity contribution < 1.29 is 9.18 Å². The third-order valence-electron chi connectivity index (χ3n) is 6.96. The van der Waals surface area contributed by atoms with E-state index in [0.717, 1.165) is 49.3 Å². The second-order valence-corrected chi connectivity index (χ2v) is 8.94. The predicted octanol–water partition coefficient (Wildman–Crippen LogP) is 3.06. The van der Waals surface area contributed by atoms with Crippen molar-refractivity contribution in [2.45, 2.75) is 50.6 Å². The summed E-state index contributed by atoms with van der Waals surface area (Å²) in [5, 5.41) is 7.53. The van der Waals surface area contributed by atoms with Crippen molar-refractivity contribution in [2.75, 3.05) is 11.4 Å². The average molecular weight is 406 g/mol. The Balaban J connectivity index is 1.56. The first-order valence-corrected chi connectivity index (χ1v) is 10.6. The fourth-order valence-electron chi connectivity index (χ4n) is 5.06. The Morgan fingerprint density at radius 3 is 2.97 bits per heavy atom. The molecule has 7 nitrogen and oxygen atoms in total. The summed E-state index contributed by atoms with van der Waals surface area (Å²) in [7, 11) is 0. The van der Waals surface area contributed by atoms with E-state index in [1.54, 1.807) is 16.8 Å². The van der Waals surface area contributed by atoms with Gasteiger partial charge in [-0.1, -0.05) is 6.92 Å². The van der Waals surface area contributed by atoms with Crippen LogP contribution in [0.3, 0.4) is 0 Å². The average Bonchev–Trinajstić information content (AvgIpc) is 3.18. The molecule has 3 aliphatic rings. The lowest BCUT2D eigenvalue weighted by Crippen LogP contribution is -2.37. The van der Waals surface area contributed by atoms with E-state index in [9.17, 15) is 9.18 Å². The lowest BCUT2D eigenvalue weighted by Gasteiger charge is -2.30. The number of hydrogen-bond acceptors (Lipinski definition) is 5. The summed E-state index contributed by atoms with van der Waals surface area (Å²) >= 11 is 0. The lowest BCUT2D eigenvalue weighted by atomic mass is 9.92. The fraction of sp³-hybridized carbons (Fsp3) is 0.455. The molecule has 1 amide bonds. The molecule has 6 rings (SSSR count). The van der Waals surface area contributed by atoms with Crippen molar-refractivity contribution in [3.63, 3.8) is 0 Å². The minimum absolute atomic E-state index is 0.00379. The van der Waals surface area contributed by atoms with Gasteiger partial charge in [-0.05, 0) is 55.7 Å². The molecule has 2 atom stereocenters. The molecule has 3 aromatic rings. The highest BCUT2D eigenvalue weighted by Crippen LogP contribution is 2.44. The van der Waals surface area contributed by atoms with Crippen LogP contribution in [-0.4, -0.2) is 37.6 Å². The number of aromatic nitrogens is 4. The lowest BCUT2D eigenvalue weighted by molar-refractivity contribution is 0.0930. The van der Waals surface area contributed by atoms with Crippen LogP contribution in [-0.2, 0) is 6.42 Å². The number of fused-ring (bicyclic) bond motifs is 5. The summed E-state index contributed by atoms with van der Waals surface area (Å²) in [5.74, 6) is 0.676. The molecule has 0 radical (unpaired) electrons. The number of halogens is 1. The molecule has 0 unspecified atom stereocenters. The summed E-state index contributed by atoms with van der Waals surface area (Å²) in [5.41, 5.74) is 2.69. The fourth-order valence-corrected chi connectivity index (χ4v) is 5.06. The molecule has 8 heteroatoms. The smallest absolute Gasteiger partial charge is 0.257 e. The molecule has 154 valence electrons. The topological polar surface area (TPSA) is 75.4 Å². The van der Waals surface area contributed by atoms with E-state index in [-0.39, 0.29) is 23.3 Å². The van der Waals surface area contributed by atoms with E-state index < -0.39 is 0 Å². The van der Waals surface area contributed by atoms with Gasteiger partial charge in [0.25, 0.3) is 5.91 Å². The summed E-state index contributed by atoms with van der Waals surface area (Å²) in [4.78, 5) is 24.6. The molecular formula is C22H23FN6O. The molecule has 1 saturated carbocycles. The second-order valence-electron chi connectivity index (χ2n) is 8.94. The SMILES string of the molecule is C[C@H]1CCN2c3ccn4ncc(c4n3)C(=O)NC3(CCc4ncc(F)cc4[C@H]12)CC3. The molecule has 2 fully saturated rings. The van der Waals surface area contributed by atoms with Gasteiger partial charge in [-0.3, -0.25) is 9.78 Å². The number of anilines is 1. The maximum absolute atomic E-state index is 14.3. The Morgan fingerprint density at radius 2 is 2.13 bits per heavy atom. The van der Waals surface area contributed by atoms with E-state index in [0.29, 0.717) is 23.5 Å². The molecule has 1 spiro atoms. The van der Waals surface area contributed by atoms with Crippen molar-refractivity contribution in [2.24, 2.45) is 5.92 Å². The predicted molar refractivity (Wildman–Crippen MR) is 109 cm³/mol. The third kappa shape index (κ3) is 2.69. The van der Waals surface area contributed by atoms with Gasteiger partial charge in [0.2, 0.25) is 0 Å². The number of carbonyl (C=O) groups excluding carboxylic acids is 1. The Kier molecular flexibility index (Phi) is 3.70. The van der Waals surface area contributed by atoms with Gasteiger partial charge in [-0.2, -0.15) is 5.10 Å². The largest absolute Gasteiger partial charge is 0.349 e. The monoisotopic (exact) mass is 406 g/mol. The number of carbonyl (C=O) groups is 1. The first-order valence-electron chi connectivity index (χ1n) is 10.6. The van der Waals surface area contributed by atoms with E-state index >= 15 is 0 Å². The Morgan fingerprint density at radius 1 is 1.27 bits per heavy atom. The summed E-state index contributed by atoms with van der Waals surface area (Å²) in [6.45, 7) is 3.03. The number of aryl methyl sites for hydroxylation is 1. The van der Waals surface area contributed by atoms with E-state index in [2.05, 4.69) is 27.2 Å². The van der Waals surface area contributed by atoms with Crippen molar-refractivity contribution in [1.29, 1.82) is 0 Å². The van der Waals surface area contributed by atoms with E-state index in [4.69, 9.17) is 4.98 Å². The number of amides is 1. The minimum atomic E-state index is -0.312. The zero-order valence-corrected chi connectivity index (χ0v) is 16.8. The van der Waals surface area contributed by atoms with Gasteiger partial charge in [-0.15, -0.1) is 0 Å².